The number of pyridine rings is 1. The van der Waals surface area contributed by atoms with E-state index in [4.69, 9.17) is 0 Å². The summed E-state index contributed by atoms with van der Waals surface area (Å²) >= 11 is 0. The van der Waals surface area contributed by atoms with Crippen molar-refractivity contribution in [3.05, 3.63) is 30.1 Å². The predicted molar refractivity (Wildman–Crippen MR) is 101 cm³/mol. The van der Waals surface area contributed by atoms with Crippen LogP contribution in [0.1, 0.15) is 45.1 Å². The van der Waals surface area contributed by atoms with Crippen LogP contribution in [-0.2, 0) is 11.2 Å². The molecule has 0 spiro atoms. The number of carbonyl (C=O) groups excluding carboxylic acids is 1. The molecule has 2 aliphatic heterocycles. The molecular weight excluding hydrogens is 310 g/mol. The maximum atomic E-state index is 12.5. The van der Waals surface area contributed by atoms with E-state index >= 15 is 0 Å². The molecule has 3 heterocycles. The lowest BCUT2D eigenvalue weighted by Gasteiger charge is -2.35. The minimum Gasteiger partial charge on any atom is -0.342 e. The van der Waals surface area contributed by atoms with Crippen LogP contribution >= 0.6 is 0 Å². The van der Waals surface area contributed by atoms with Crippen molar-refractivity contribution in [2.45, 2.75) is 46.0 Å². The quantitative estimate of drug-likeness (QED) is 0.796. The summed E-state index contributed by atoms with van der Waals surface area (Å²) in [4.78, 5) is 21.3. The molecule has 0 radical (unpaired) electrons. The number of carbonyl (C=O) groups is 1. The molecule has 1 amide bonds. The van der Waals surface area contributed by atoms with Gasteiger partial charge in [-0.25, -0.2) is 0 Å². The summed E-state index contributed by atoms with van der Waals surface area (Å²) in [6, 6.07) is 4.01. The van der Waals surface area contributed by atoms with Crippen molar-refractivity contribution in [1.29, 1.82) is 0 Å². The van der Waals surface area contributed by atoms with Crippen molar-refractivity contribution in [3.8, 4) is 0 Å². The van der Waals surface area contributed by atoms with Gasteiger partial charge in [0, 0.05) is 38.4 Å². The largest absolute Gasteiger partial charge is 0.342 e. The summed E-state index contributed by atoms with van der Waals surface area (Å²) in [5.41, 5.74) is 1.21. The summed E-state index contributed by atoms with van der Waals surface area (Å²) < 4.78 is 0. The summed E-state index contributed by atoms with van der Waals surface area (Å²) in [5.74, 6) is 2.64. The van der Waals surface area contributed by atoms with E-state index in [1.807, 2.05) is 12.1 Å². The Labute approximate surface area is 152 Å². The number of aryl methyl sites for hydroxylation is 1. The second-order valence-corrected chi connectivity index (χ2v) is 8.28. The Kier molecular flexibility index (Phi) is 6.46. The molecule has 0 aromatic carbocycles. The maximum absolute atomic E-state index is 12.5. The number of likely N-dealkylation sites (tertiary alicyclic amines) is 2. The Hall–Kier alpha value is -1.42. The molecule has 1 unspecified atom stereocenters. The molecule has 2 fully saturated rings. The molecule has 0 aliphatic carbocycles. The lowest BCUT2D eigenvalue weighted by Crippen LogP contribution is -2.39. The lowest BCUT2D eigenvalue weighted by atomic mass is 9.83. The van der Waals surface area contributed by atoms with Gasteiger partial charge in [0.05, 0.1) is 0 Å². The van der Waals surface area contributed by atoms with Gasteiger partial charge in [-0.2, -0.15) is 0 Å². The molecule has 0 N–H and O–H groups in total. The van der Waals surface area contributed by atoms with E-state index in [2.05, 4.69) is 28.6 Å². The van der Waals surface area contributed by atoms with Crippen LogP contribution in [0.5, 0.6) is 0 Å². The first-order chi connectivity index (χ1) is 12.1. The number of hydrogen-bond acceptors (Lipinski definition) is 3. The molecule has 2 aliphatic rings. The van der Waals surface area contributed by atoms with E-state index in [1.165, 1.54) is 44.5 Å². The Balaban J connectivity index is 1.40. The van der Waals surface area contributed by atoms with Crippen LogP contribution in [0, 0.1) is 17.8 Å². The van der Waals surface area contributed by atoms with Crippen molar-refractivity contribution < 1.29 is 4.79 Å². The molecule has 138 valence electrons. The third kappa shape index (κ3) is 5.27. The first-order valence-corrected chi connectivity index (χ1v) is 10.0. The van der Waals surface area contributed by atoms with Crippen molar-refractivity contribution >= 4 is 5.91 Å². The fraction of sp³-hybridized carbons (Fsp3) is 0.714. The Morgan fingerprint density at radius 1 is 1.12 bits per heavy atom. The maximum Gasteiger partial charge on any atom is 0.222 e. The van der Waals surface area contributed by atoms with Gasteiger partial charge in [0.1, 0.15) is 0 Å². The zero-order valence-electron chi connectivity index (χ0n) is 15.9. The first kappa shape index (κ1) is 18.4. The van der Waals surface area contributed by atoms with Gasteiger partial charge in [-0.3, -0.25) is 9.78 Å². The van der Waals surface area contributed by atoms with Crippen LogP contribution in [0.15, 0.2) is 24.5 Å². The molecule has 4 nitrogen and oxygen atoms in total. The average molecular weight is 344 g/mol. The van der Waals surface area contributed by atoms with Gasteiger partial charge in [0.2, 0.25) is 5.91 Å². The van der Waals surface area contributed by atoms with E-state index in [-0.39, 0.29) is 0 Å². The van der Waals surface area contributed by atoms with E-state index in [0.29, 0.717) is 12.3 Å². The second kappa shape index (κ2) is 8.79. The van der Waals surface area contributed by atoms with Gasteiger partial charge < -0.3 is 9.80 Å². The van der Waals surface area contributed by atoms with E-state index in [9.17, 15) is 4.79 Å². The Morgan fingerprint density at radius 2 is 1.80 bits per heavy atom. The van der Waals surface area contributed by atoms with Crippen LogP contribution in [0.2, 0.25) is 0 Å². The van der Waals surface area contributed by atoms with Gasteiger partial charge in [0.25, 0.3) is 0 Å². The zero-order chi connectivity index (χ0) is 17.6. The highest BCUT2D eigenvalue weighted by Crippen LogP contribution is 2.32. The molecule has 0 bridgehead atoms. The number of rotatable bonds is 6. The van der Waals surface area contributed by atoms with Crippen LogP contribution in [-0.4, -0.2) is 53.4 Å². The van der Waals surface area contributed by atoms with Crippen LogP contribution in [0.3, 0.4) is 0 Å². The smallest absolute Gasteiger partial charge is 0.222 e. The predicted octanol–water partition coefficient (Wildman–Crippen LogP) is 3.23. The molecule has 0 saturated carbocycles. The first-order valence-electron chi connectivity index (χ1n) is 10.0. The standard InChI is InChI=1S/C21H33N3O/c1-17(2)15-23-12-7-19(8-13-23)20-9-14-24(16-20)21(25)4-3-18-5-10-22-11-6-18/h5-6,10-11,17,19-20H,3-4,7-9,12-16H2,1-2H3. The number of aromatic nitrogens is 1. The fourth-order valence-corrected chi connectivity index (χ4v) is 4.48. The summed E-state index contributed by atoms with van der Waals surface area (Å²) in [5, 5.41) is 0. The SMILES string of the molecule is CC(C)CN1CCC(C2CCN(C(=O)CCc3ccncc3)C2)CC1. The molecule has 1 atom stereocenters. The average Bonchev–Trinajstić information content (AvgIpc) is 3.11. The Morgan fingerprint density at radius 3 is 2.48 bits per heavy atom. The molecule has 4 heteroatoms. The van der Waals surface area contributed by atoms with Gasteiger partial charge in [0.15, 0.2) is 0 Å². The summed E-state index contributed by atoms with van der Waals surface area (Å²) in [7, 11) is 0. The third-order valence-electron chi connectivity index (χ3n) is 5.88. The summed E-state index contributed by atoms with van der Waals surface area (Å²) in [6.45, 7) is 10.3. The van der Waals surface area contributed by atoms with E-state index in [0.717, 1.165) is 37.3 Å². The number of piperidine rings is 1. The number of amides is 1. The fourth-order valence-electron chi connectivity index (χ4n) is 4.48. The highest BCUT2D eigenvalue weighted by Gasteiger charge is 2.33. The van der Waals surface area contributed by atoms with Crippen LogP contribution in [0.4, 0.5) is 0 Å². The molecule has 1 aromatic heterocycles. The third-order valence-corrected chi connectivity index (χ3v) is 5.88. The van der Waals surface area contributed by atoms with Crippen LogP contribution < -0.4 is 0 Å². The van der Waals surface area contributed by atoms with Gasteiger partial charge in [-0.1, -0.05) is 13.8 Å². The number of hydrogen-bond donors (Lipinski definition) is 0. The summed E-state index contributed by atoms with van der Waals surface area (Å²) in [6.07, 6.45) is 8.90. The van der Waals surface area contributed by atoms with Crippen molar-refractivity contribution in [3.63, 3.8) is 0 Å². The molecular formula is C21H33N3O. The van der Waals surface area contributed by atoms with Crippen molar-refractivity contribution in [2.75, 3.05) is 32.7 Å². The lowest BCUT2D eigenvalue weighted by molar-refractivity contribution is -0.130. The van der Waals surface area contributed by atoms with E-state index in [1.54, 1.807) is 12.4 Å². The second-order valence-electron chi connectivity index (χ2n) is 8.28. The minimum atomic E-state index is 0.330. The van der Waals surface area contributed by atoms with Crippen molar-refractivity contribution in [1.82, 2.24) is 14.8 Å². The normalized spacial score (nSPS) is 22.7. The van der Waals surface area contributed by atoms with E-state index < -0.39 is 0 Å². The van der Waals surface area contributed by atoms with Gasteiger partial charge >= 0.3 is 0 Å². The zero-order valence-corrected chi connectivity index (χ0v) is 15.9. The number of nitrogens with zero attached hydrogens (tertiary/aromatic N) is 3. The highest BCUT2D eigenvalue weighted by atomic mass is 16.2. The monoisotopic (exact) mass is 343 g/mol. The minimum absolute atomic E-state index is 0.330. The highest BCUT2D eigenvalue weighted by molar-refractivity contribution is 5.76. The molecule has 1 aromatic rings. The van der Waals surface area contributed by atoms with Gasteiger partial charge in [-0.05, 0) is 74.2 Å². The molecule has 2 saturated heterocycles. The molecule has 3 rings (SSSR count). The van der Waals surface area contributed by atoms with Crippen molar-refractivity contribution in [2.24, 2.45) is 17.8 Å². The Bertz CT molecular complexity index is 537. The topological polar surface area (TPSA) is 36.4 Å². The van der Waals surface area contributed by atoms with Crippen LogP contribution in [0.25, 0.3) is 0 Å². The van der Waals surface area contributed by atoms with Gasteiger partial charge in [-0.15, -0.1) is 0 Å². The molecule has 25 heavy (non-hydrogen) atoms.